The van der Waals surface area contributed by atoms with Gasteiger partial charge in [-0.25, -0.2) is 4.98 Å². The summed E-state index contributed by atoms with van der Waals surface area (Å²) in [6.07, 6.45) is 2.90. The standard InChI is InChI=1S/C14H17ClN2OS/c1-3-10(2)18-12-6-4-5-11(7-12)16-9-14-17-8-13(15)19-14/h4-8,10,16H,3,9H2,1-2H3. The van der Waals surface area contributed by atoms with Crippen LogP contribution in [0.4, 0.5) is 5.69 Å². The molecule has 1 atom stereocenters. The van der Waals surface area contributed by atoms with E-state index in [1.54, 1.807) is 6.20 Å². The minimum atomic E-state index is 0.230. The minimum absolute atomic E-state index is 0.230. The first-order valence-corrected chi connectivity index (χ1v) is 7.47. The van der Waals surface area contributed by atoms with Gasteiger partial charge in [-0.15, -0.1) is 11.3 Å². The van der Waals surface area contributed by atoms with Gasteiger partial charge in [-0.2, -0.15) is 0 Å². The van der Waals surface area contributed by atoms with E-state index in [0.717, 1.165) is 22.9 Å². The van der Waals surface area contributed by atoms with Crippen molar-refractivity contribution in [2.75, 3.05) is 5.32 Å². The number of aromatic nitrogens is 1. The molecule has 2 aromatic rings. The molecule has 0 aliphatic rings. The summed E-state index contributed by atoms with van der Waals surface area (Å²) in [6, 6.07) is 7.96. The van der Waals surface area contributed by atoms with E-state index in [-0.39, 0.29) is 6.10 Å². The fraction of sp³-hybridized carbons (Fsp3) is 0.357. The van der Waals surface area contributed by atoms with Crippen LogP contribution >= 0.6 is 22.9 Å². The molecule has 1 aromatic carbocycles. The van der Waals surface area contributed by atoms with Crippen molar-refractivity contribution in [2.45, 2.75) is 32.9 Å². The number of ether oxygens (including phenoxy) is 1. The molecule has 0 saturated carbocycles. The third kappa shape index (κ3) is 4.40. The second kappa shape index (κ2) is 6.78. The topological polar surface area (TPSA) is 34.1 Å². The molecule has 1 heterocycles. The van der Waals surface area contributed by atoms with Gasteiger partial charge in [0.2, 0.25) is 0 Å². The van der Waals surface area contributed by atoms with E-state index in [1.165, 1.54) is 11.3 Å². The molecule has 19 heavy (non-hydrogen) atoms. The summed E-state index contributed by atoms with van der Waals surface area (Å²) in [7, 11) is 0. The number of hydrogen-bond donors (Lipinski definition) is 1. The zero-order valence-corrected chi connectivity index (χ0v) is 12.6. The highest BCUT2D eigenvalue weighted by molar-refractivity contribution is 7.15. The maximum Gasteiger partial charge on any atom is 0.121 e. The Balaban J connectivity index is 1.95. The predicted octanol–water partition coefficient (Wildman–Crippen LogP) is 4.59. The molecule has 5 heteroatoms. The average Bonchev–Trinajstić information content (AvgIpc) is 2.82. The number of rotatable bonds is 6. The van der Waals surface area contributed by atoms with Gasteiger partial charge < -0.3 is 10.1 Å². The molecule has 0 aliphatic carbocycles. The van der Waals surface area contributed by atoms with Crippen molar-refractivity contribution in [1.29, 1.82) is 0 Å². The van der Waals surface area contributed by atoms with E-state index >= 15 is 0 Å². The molecule has 0 spiro atoms. The van der Waals surface area contributed by atoms with Gasteiger partial charge in [0.25, 0.3) is 0 Å². The van der Waals surface area contributed by atoms with Crippen LogP contribution in [-0.2, 0) is 6.54 Å². The molecule has 0 amide bonds. The Morgan fingerprint density at radius 1 is 1.47 bits per heavy atom. The summed E-state index contributed by atoms with van der Waals surface area (Å²) in [6.45, 7) is 4.85. The first-order chi connectivity index (χ1) is 9.17. The lowest BCUT2D eigenvalue weighted by Gasteiger charge is -2.13. The molecule has 0 radical (unpaired) electrons. The van der Waals surface area contributed by atoms with Gasteiger partial charge in [-0.1, -0.05) is 24.6 Å². The van der Waals surface area contributed by atoms with Gasteiger partial charge >= 0.3 is 0 Å². The largest absolute Gasteiger partial charge is 0.491 e. The lowest BCUT2D eigenvalue weighted by atomic mass is 10.2. The van der Waals surface area contributed by atoms with Crippen molar-refractivity contribution in [2.24, 2.45) is 0 Å². The first-order valence-electron chi connectivity index (χ1n) is 6.28. The Morgan fingerprint density at radius 3 is 3.00 bits per heavy atom. The van der Waals surface area contributed by atoms with Gasteiger partial charge in [0.05, 0.1) is 18.8 Å². The third-order valence-electron chi connectivity index (χ3n) is 2.72. The van der Waals surface area contributed by atoms with Crippen molar-refractivity contribution in [3.63, 3.8) is 0 Å². The number of nitrogens with zero attached hydrogens (tertiary/aromatic N) is 1. The number of hydrogen-bond acceptors (Lipinski definition) is 4. The van der Waals surface area contributed by atoms with Gasteiger partial charge in [0, 0.05) is 11.8 Å². The molecule has 1 N–H and O–H groups in total. The van der Waals surface area contributed by atoms with Crippen LogP contribution in [0.1, 0.15) is 25.3 Å². The highest BCUT2D eigenvalue weighted by atomic mass is 35.5. The summed E-state index contributed by atoms with van der Waals surface area (Å²) in [5.41, 5.74) is 1.02. The fourth-order valence-electron chi connectivity index (χ4n) is 1.54. The zero-order chi connectivity index (χ0) is 13.7. The van der Waals surface area contributed by atoms with E-state index in [2.05, 4.69) is 24.1 Å². The van der Waals surface area contributed by atoms with Crippen molar-refractivity contribution in [1.82, 2.24) is 4.98 Å². The summed E-state index contributed by atoms with van der Waals surface area (Å²) >= 11 is 7.33. The van der Waals surface area contributed by atoms with Crippen LogP contribution < -0.4 is 10.1 Å². The summed E-state index contributed by atoms with van der Waals surface area (Å²) in [5.74, 6) is 0.886. The second-order valence-corrected chi connectivity index (χ2v) is 6.02. The lowest BCUT2D eigenvalue weighted by molar-refractivity contribution is 0.217. The molecular formula is C14H17ClN2OS. The van der Waals surface area contributed by atoms with Crippen LogP contribution in [-0.4, -0.2) is 11.1 Å². The second-order valence-electron chi connectivity index (χ2n) is 4.28. The van der Waals surface area contributed by atoms with Crippen molar-refractivity contribution < 1.29 is 4.74 Å². The van der Waals surface area contributed by atoms with Gasteiger partial charge in [-0.05, 0) is 25.5 Å². The third-order valence-corrected chi connectivity index (χ3v) is 3.83. The summed E-state index contributed by atoms with van der Waals surface area (Å²) in [5, 5.41) is 4.29. The molecule has 0 bridgehead atoms. The predicted molar refractivity (Wildman–Crippen MR) is 81.3 cm³/mol. The van der Waals surface area contributed by atoms with Crippen LogP contribution in [0.2, 0.25) is 4.34 Å². The molecule has 3 nitrogen and oxygen atoms in total. The molecule has 2 rings (SSSR count). The number of halogens is 1. The molecule has 0 saturated heterocycles. The van der Waals surface area contributed by atoms with E-state index < -0.39 is 0 Å². The van der Waals surface area contributed by atoms with E-state index in [1.807, 2.05) is 24.3 Å². The zero-order valence-electron chi connectivity index (χ0n) is 11.0. The fourth-order valence-corrected chi connectivity index (χ4v) is 2.44. The minimum Gasteiger partial charge on any atom is -0.491 e. The van der Waals surface area contributed by atoms with Crippen LogP contribution in [0.15, 0.2) is 30.5 Å². The molecule has 0 fully saturated rings. The van der Waals surface area contributed by atoms with Gasteiger partial charge in [-0.3, -0.25) is 0 Å². The van der Waals surface area contributed by atoms with Crippen LogP contribution in [0.3, 0.4) is 0 Å². The molecule has 102 valence electrons. The summed E-state index contributed by atoms with van der Waals surface area (Å²) in [4.78, 5) is 4.21. The quantitative estimate of drug-likeness (QED) is 0.847. The molecule has 1 aromatic heterocycles. The maximum absolute atomic E-state index is 5.85. The van der Waals surface area contributed by atoms with E-state index in [0.29, 0.717) is 10.9 Å². The Hall–Kier alpha value is -1.26. The number of anilines is 1. The Bertz CT molecular complexity index is 530. The molecular weight excluding hydrogens is 280 g/mol. The number of benzene rings is 1. The van der Waals surface area contributed by atoms with Crippen LogP contribution in [0, 0.1) is 0 Å². The normalized spacial score (nSPS) is 12.2. The van der Waals surface area contributed by atoms with E-state index in [4.69, 9.17) is 16.3 Å². The van der Waals surface area contributed by atoms with Crippen LogP contribution in [0.25, 0.3) is 0 Å². The Kier molecular flexibility index (Phi) is 5.05. The SMILES string of the molecule is CCC(C)Oc1cccc(NCc2ncc(Cl)s2)c1. The van der Waals surface area contributed by atoms with Crippen molar-refractivity contribution in [3.05, 3.63) is 39.8 Å². The highest BCUT2D eigenvalue weighted by Crippen LogP contribution is 2.22. The van der Waals surface area contributed by atoms with Gasteiger partial charge in [0.15, 0.2) is 0 Å². The summed E-state index contributed by atoms with van der Waals surface area (Å²) < 4.78 is 6.50. The first kappa shape index (κ1) is 14.2. The van der Waals surface area contributed by atoms with Crippen LogP contribution in [0.5, 0.6) is 5.75 Å². The molecule has 0 aliphatic heterocycles. The Labute approximate surface area is 122 Å². The number of thiazole rings is 1. The average molecular weight is 297 g/mol. The number of nitrogens with one attached hydrogen (secondary N) is 1. The highest BCUT2D eigenvalue weighted by Gasteiger charge is 2.03. The van der Waals surface area contributed by atoms with Crippen molar-refractivity contribution >= 4 is 28.6 Å². The van der Waals surface area contributed by atoms with E-state index in [9.17, 15) is 0 Å². The Morgan fingerprint density at radius 2 is 2.32 bits per heavy atom. The maximum atomic E-state index is 5.85. The monoisotopic (exact) mass is 296 g/mol. The lowest BCUT2D eigenvalue weighted by Crippen LogP contribution is -2.09. The molecule has 1 unspecified atom stereocenters. The smallest absolute Gasteiger partial charge is 0.121 e. The van der Waals surface area contributed by atoms with Gasteiger partial charge in [0.1, 0.15) is 15.1 Å². The van der Waals surface area contributed by atoms with Crippen molar-refractivity contribution in [3.8, 4) is 5.75 Å².